The van der Waals surface area contributed by atoms with Crippen molar-refractivity contribution in [2.45, 2.75) is 0 Å². The minimum Gasteiger partial charge on any atom is -0.417 e. The first-order valence-corrected chi connectivity index (χ1v) is 9.39. The van der Waals surface area contributed by atoms with E-state index in [1.165, 1.54) is 6.20 Å². The Bertz CT molecular complexity index is 1160. The maximum atomic E-state index is 12.8. The van der Waals surface area contributed by atoms with E-state index in [2.05, 4.69) is 30.6 Å². The number of amides is 1. The Balaban J connectivity index is 1.39. The number of rotatable bonds is 4. The molecule has 4 heterocycles. The van der Waals surface area contributed by atoms with Gasteiger partial charge in [0.1, 0.15) is 0 Å². The summed E-state index contributed by atoms with van der Waals surface area (Å²) >= 11 is 0. The maximum Gasteiger partial charge on any atom is 0.324 e. The van der Waals surface area contributed by atoms with Crippen LogP contribution in [0.2, 0.25) is 0 Å². The molecule has 9 heteroatoms. The van der Waals surface area contributed by atoms with E-state index in [9.17, 15) is 4.79 Å². The normalized spacial score (nSPS) is 14.3. The van der Waals surface area contributed by atoms with Crippen LogP contribution in [0.3, 0.4) is 0 Å². The predicted octanol–water partition coefficient (Wildman–Crippen LogP) is 2.07. The first-order valence-electron chi connectivity index (χ1n) is 9.39. The average molecular weight is 389 g/mol. The standard InChI is InChI=1S/C20H19N7O2/c28-19(25-15-12-22-6-5-17(15)26-9-7-21-8-10-26)18-13-23-20(29-18)27-16-4-2-1-3-14(16)11-24-27/h1-6,11-13,21H,7-10H2,(H,25,28). The van der Waals surface area contributed by atoms with E-state index >= 15 is 0 Å². The third-order valence-corrected chi connectivity index (χ3v) is 4.88. The van der Waals surface area contributed by atoms with Crippen LogP contribution in [0.15, 0.2) is 59.5 Å². The highest BCUT2D eigenvalue weighted by Gasteiger charge is 2.19. The number of fused-ring (bicyclic) bond motifs is 1. The van der Waals surface area contributed by atoms with Gasteiger partial charge in [0, 0.05) is 37.8 Å². The van der Waals surface area contributed by atoms with Crippen molar-refractivity contribution in [3.8, 4) is 6.01 Å². The molecule has 0 aliphatic carbocycles. The Morgan fingerprint density at radius 3 is 2.86 bits per heavy atom. The molecule has 0 unspecified atom stereocenters. The Hall–Kier alpha value is -3.72. The van der Waals surface area contributed by atoms with Gasteiger partial charge in [0.15, 0.2) is 0 Å². The molecule has 0 atom stereocenters. The first kappa shape index (κ1) is 17.4. The molecule has 0 spiro atoms. The molecule has 5 rings (SSSR count). The Morgan fingerprint density at radius 1 is 1.10 bits per heavy atom. The van der Waals surface area contributed by atoms with Crippen molar-refractivity contribution in [2.75, 3.05) is 36.4 Å². The number of hydrogen-bond acceptors (Lipinski definition) is 7. The second-order valence-electron chi connectivity index (χ2n) is 6.71. The molecule has 3 aromatic heterocycles. The lowest BCUT2D eigenvalue weighted by Gasteiger charge is -2.30. The monoisotopic (exact) mass is 389 g/mol. The van der Waals surface area contributed by atoms with Gasteiger partial charge in [-0.05, 0) is 12.1 Å². The van der Waals surface area contributed by atoms with Crippen LogP contribution in [0.25, 0.3) is 16.9 Å². The Morgan fingerprint density at radius 2 is 1.97 bits per heavy atom. The number of hydrogen-bond donors (Lipinski definition) is 2. The van der Waals surface area contributed by atoms with E-state index in [0.29, 0.717) is 5.69 Å². The Labute approximate surface area is 166 Å². The highest BCUT2D eigenvalue weighted by molar-refractivity contribution is 6.04. The SMILES string of the molecule is O=C(Nc1cnccc1N1CCNCC1)c1cnc(-n2ncc3ccccc32)o1. The van der Waals surface area contributed by atoms with Gasteiger partial charge < -0.3 is 20.0 Å². The van der Waals surface area contributed by atoms with Crippen LogP contribution in [0, 0.1) is 0 Å². The van der Waals surface area contributed by atoms with Crippen LogP contribution in [0.5, 0.6) is 0 Å². The van der Waals surface area contributed by atoms with E-state index < -0.39 is 0 Å². The zero-order valence-corrected chi connectivity index (χ0v) is 15.6. The molecule has 1 aliphatic heterocycles. The number of oxazole rings is 1. The van der Waals surface area contributed by atoms with E-state index in [0.717, 1.165) is 42.8 Å². The highest BCUT2D eigenvalue weighted by atomic mass is 16.4. The number of pyridine rings is 1. The van der Waals surface area contributed by atoms with Gasteiger partial charge in [0.2, 0.25) is 5.76 Å². The van der Waals surface area contributed by atoms with E-state index in [-0.39, 0.29) is 17.7 Å². The molecular weight excluding hydrogens is 370 g/mol. The fourth-order valence-corrected chi connectivity index (χ4v) is 3.44. The lowest BCUT2D eigenvalue weighted by atomic mass is 10.2. The van der Waals surface area contributed by atoms with Crippen LogP contribution in [-0.4, -0.2) is 51.8 Å². The van der Waals surface area contributed by atoms with E-state index in [1.54, 1.807) is 23.3 Å². The molecule has 2 N–H and O–H groups in total. The van der Waals surface area contributed by atoms with Crippen LogP contribution >= 0.6 is 0 Å². The van der Waals surface area contributed by atoms with Gasteiger partial charge in [-0.2, -0.15) is 14.8 Å². The molecule has 0 saturated carbocycles. The van der Waals surface area contributed by atoms with Gasteiger partial charge >= 0.3 is 6.01 Å². The zero-order valence-electron chi connectivity index (χ0n) is 15.6. The number of nitrogens with zero attached hydrogens (tertiary/aromatic N) is 5. The molecule has 9 nitrogen and oxygen atoms in total. The largest absolute Gasteiger partial charge is 0.417 e. The summed E-state index contributed by atoms with van der Waals surface area (Å²) in [7, 11) is 0. The van der Waals surface area contributed by atoms with Gasteiger partial charge in [0.05, 0.1) is 35.5 Å². The molecule has 1 fully saturated rings. The first-order chi connectivity index (χ1) is 14.3. The van der Waals surface area contributed by atoms with Gasteiger partial charge in [-0.1, -0.05) is 18.2 Å². The van der Waals surface area contributed by atoms with Crippen LogP contribution in [-0.2, 0) is 0 Å². The highest BCUT2D eigenvalue weighted by Crippen LogP contribution is 2.26. The summed E-state index contributed by atoms with van der Waals surface area (Å²) in [6, 6.07) is 9.87. The molecule has 1 amide bonds. The summed E-state index contributed by atoms with van der Waals surface area (Å²) in [5, 5.41) is 11.5. The maximum absolute atomic E-state index is 12.8. The van der Waals surface area contributed by atoms with Crippen molar-refractivity contribution in [2.24, 2.45) is 0 Å². The molecule has 1 aliphatic rings. The number of nitrogens with one attached hydrogen (secondary N) is 2. The molecule has 1 aromatic carbocycles. The quantitative estimate of drug-likeness (QED) is 0.551. The van der Waals surface area contributed by atoms with Gasteiger partial charge in [-0.15, -0.1) is 0 Å². The van der Waals surface area contributed by atoms with Crippen molar-refractivity contribution in [1.82, 2.24) is 25.1 Å². The van der Waals surface area contributed by atoms with Crippen LogP contribution in [0.4, 0.5) is 11.4 Å². The van der Waals surface area contributed by atoms with Crippen molar-refractivity contribution in [1.29, 1.82) is 0 Å². The second-order valence-corrected chi connectivity index (χ2v) is 6.71. The molecule has 146 valence electrons. The minimum atomic E-state index is -0.385. The fourth-order valence-electron chi connectivity index (χ4n) is 3.44. The number of benzene rings is 1. The van der Waals surface area contributed by atoms with Gasteiger partial charge in [-0.3, -0.25) is 9.78 Å². The average Bonchev–Trinajstić information content (AvgIpc) is 3.42. The smallest absolute Gasteiger partial charge is 0.324 e. The van der Waals surface area contributed by atoms with Crippen LogP contribution in [0.1, 0.15) is 10.6 Å². The fraction of sp³-hybridized carbons (Fsp3) is 0.200. The molecule has 29 heavy (non-hydrogen) atoms. The van der Waals surface area contributed by atoms with Gasteiger partial charge in [-0.25, -0.2) is 0 Å². The lowest BCUT2D eigenvalue weighted by Crippen LogP contribution is -2.43. The number of para-hydroxylation sites is 1. The van der Waals surface area contributed by atoms with Crippen molar-refractivity contribution in [3.05, 3.63) is 60.9 Å². The minimum absolute atomic E-state index is 0.106. The van der Waals surface area contributed by atoms with E-state index in [1.807, 2.05) is 30.3 Å². The van der Waals surface area contributed by atoms with Crippen molar-refractivity contribution < 1.29 is 9.21 Å². The zero-order chi connectivity index (χ0) is 19.6. The molecule has 1 saturated heterocycles. The lowest BCUT2D eigenvalue weighted by molar-refractivity contribution is 0.0996. The second kappa shape index (κ2) is 7.36. The number of carbonyl (C=O) groups is 1. The van der Waals surface area contributed by atoms with Crippen molar-refractivity contribution in [3.63, 3.8) is 0 Å². The number of piperazine rings is 1. The molecule has 0 radical (unpaired) electrons. The van der Waals surface area contributed by atoms with E-state index in [4.69, 9.17) is 4.42 Å². The number of carbonyl (C=O) groups excluding carboxylic acids is 1. The summed E-state index contributed by atoms with van der Waals surface area (Å²) in [6.45, 7) is 3.54. The molecule has 0 bridgehead atoms. The topological polar surface area (TPSA) is 101 Å². The summed E-state index contributed by atoms with van der Waals surface area (Å²) in [4.78, 5) is 23.4. The molecule has 4 aromatic rings. The number of aromatic nitrogens is 4. The Kier molecular flexibility index (Phi) is 4.41. The summed E-state index contributed by atoms with van der Waals surface area (Å²) in [6.07, 6.45) is 6.51. The predicted molar refractivity (Wildman–Crippen MR) is 108 cm³/mol. The summed E-state index contributed by atoms with van der Waals surface area (Å²) in [5.74, 6) is -0.278. The van der Waals surface area contributed by atoms with Crippen LogP contribution < -0.4 is 15.5 Å². The summed E-state index contributed by atoms with van der Waals surface area (Å²) in [5.41, 5.74) is 2.43. The number of anilines is 2. The van der Waals surface area contributed by atoms with Gasteiger partial charge in [0.25, 0.3) is 5.91 Å². The van der Waals surface area contributed by atoms with Crippen molar-refractivity contribution >= 4 is 28.2 Å². The summed E-state index contributed by atoms with van der Waals surface area (Å²) < 4.78 is 7.26. The third-order valence-electron chi connectivity index (χ3n) is 4.88. The molecular formula is C20H19N7O2. The third kappa shape index (κ3) is 3.32.